The Labute approximate surface area is 204 Å². The van der Waals surface area contributed by atoms with Crippen molar-refractivity contribution in [3.8, 4) is 0 Å². The summed E-state index contributed by atoms with van der Waals surface area (Å²) in [7, 11) is 0. The summed E-state index contributed by atoms with van der Waals surface area (Å²) in [6.07, 6.45) is 1.65. The molecule has 4 aromatic rings. The van der Waals surface area contributed by atoms with Crippen molar-refractivity contribution in [2.24, 2.45) is 0 Å². The Morgan fingerprint density at radius 1 is 0.914 bits per heavy atom. The molecule has 1 N–H and O–H groups in total. The molecule has 1 aromatic heterocycles. The van der Waals surface area contributed by atoms with Crippen molar-refractivity contribution >= 4 is 57.6 Å². The Bertz CT molecular complexity index is 1510. The number of fused-ring (bicyclic) bond motifs is 2. The van der Waals surface area contributed by atoms with Crippen molar-refractivity contribution in [2.45, 2.75) is 0 Å². The first-order chi connectivity index (χ1) is 16.9. The summed E-state index contributed by atoms with van der Waals surface area (Å²) in [6, 6.07) is 19.2. The highest BCUT2D eigenvalue weighted by atomic mass is 35.5. The number of halogens is 1. The van der Waals surface area contributed by atoms with E-state index in [1.165, 1.54) is 18.2 Å². The van der Waals surface area contributed by atoms with Crippen LogP contribution in [0.25, 0.3) is 10.9 Å². The van der Waals surface area contributed by atoms with Crippen LogP contribution >= 0.6 is 11.6 Å². The van der Waals surface area contributed by atoms with Crippen LogP contribution in [-0.4, -0.2) is 35.3 Å². The average molecular weight is 486 g/mol. The third kappa shape index (κ3) is 4.22. The summed E-state index contributed by atoms with van der Waals surface area (Å²) in [4.78, 5) is 55.8. The van der Waals surface area contributed by atoms with Crippen LogP contribution in [-0.2, 0) is 9.53 Å². The molecule has 1 aliphatic rings. The maximum absolute atomic E-state index is 12.9. The average Bonchev–Trinajstić information content (AvgIpc) is 3.12. The summed E-state index contributed by atoms with van der Waals surface area (Å²) in [6.45, 7) is -0.531. The maximum atomic E-state index is 12.9. The minimum absolute atomic E-state index is 0.0463. The number of pyridine rings is 1. The van der Waals surface area contributed by atoms with Crippen molar-refractivity contribution in [3.05, 3.63) is 101 Å². The van der Waals surface area contributed by atoms with Crippen molar-refractivity contribution in [1.29, 1.82) is 0 Å². The van der Waals surface area contributed by atoms with E-state index in [0.717, 1.165) is 10.3 Å². The zero-order chi connectivity index (χ0) is 24.5. The fraction of sp³-hybridized carbons (Fsp3) is 0.0385. The molecule has 0 aliphatic carbocycles. The SMILES string of the molecule is O=C(COC(=O)c1ccc2c(c1)C(=O)N(c1ccc(Cl)cc1)C2=O)Nc1cccc2ncccc12. The Morgan fingerprint density at radius 3 is 2.49 bits per heavy atom. The molecule has 0 bridgehead atoms. The highest BCUT2D eigenvalue weighted by Crippen LogP contribution is 2.30. The predicted molar refractivity (Wildman–Crippen MR) is 130 cm³/mol. The summed E-state index contributed by atoms with van der Waals surface area (Å²) < 4.78 is 5.13. The fourth-order valence-electron chi connectivity index (χ4n) is 3.81. The quantitative estimate of drug-likeness (QED) is 0.330. The lowest BCUT2D eigenvalue weighted by atomic mass is 10.1. The molecular formula is C26H16ClN3O5. The van der Waals surface area contributed by atoms with Crippen LogP contribution in [0.4, 0.5) is 11.4 Å². The van der Waals surface area contributed by atoms with E-state index < -0.39 is 30.3 Å². The molecular weight excluding hydrogens is 470 g/mol. The van der Waals surface area contributed by atoms with Gasteiger partial charge in [0.1, 0.15) is 0 Å². The highest BCUT2D eigenvalue weighted by Gasteiger charge is 2.37. The van der Waals surface area contributed by atoms with Crippen LogP contribution in [0.5, 0.6) is 0 Å². The lowest BCUT2D eigenvalue weighted by molar-refractivity contribution is -0.119. The molecule has 0 radical (unpaired) electrons. The molecule has 3 amide bonds. The van der Waals surface area contributed by atoms with E-state index in [0.29, 0.717) is 21.9 Å². The number of anilines is 2. The zero-order valence-electron chi connectivity index (χ0n) is 18.0. The number of hydrogen-bond acceptors (Lipinski definition) is 6. The first-order valence-corrected chi connectivity index (χ1v) is 10.9. The standard InChI is InChI=1S/C26H16ClN3O5/c27-16-7-9-17(10-8-16)30-24(32)18-11-6-15(13-20(18)25(30)33)26(34)35-14-23(31)29-22-5-1-4-21-19(22)3-2-12-28-21/h1-13H,14H2,(H,29,31). The number of esters is 1. The molecule has 0 spiro atoms. The van der Waals surface area contributed by atoms with Crippen LogP contribution in [0.15, 0.2) is 79.0 Å². The van der Waals surface area contributed by atoms with Gasteiger partial charge in [-0.05, 0) is 66.7 Å². The van der Waals surface area contributed by atoms with Crippen molar-refractivity contribution in [1.82, 2.24) is 4.98 Å². The fourth-order valence-corrected chi connectivity index (χ4v) is 3.93. The van der Waals surface area contributed by atoms with Gasteiger partial charge in [-0.15, -0.1) is 0 Å². The van der Waals surface area contributed by atoms with Gasteiger partial charge < -0.3 is 10.1 Å². The lowest BCUT2D eigenvalue weighted by Gasteiger charge is -2.13. The highest BCUT2D eigenvalue weighted by molar-refractivity contribution is 6.35. The van der Waals surface area contributed by atoms with Crippen LogP contribution in [0.2, 0.25) is 5.02 Å². The van der Waals surface area contributed by atoms with Gasteiger partial charge in [-0.3, -0.25) is 19.4 Å². The van der Waals surface area contributed by atoms with Crippen LogP contribution < -0.4 is 10.2 Å². The molecule has 0 saturated heterocycles. The monoisotopic (exact) mass is 485 g/mol. The largest absolute Gasteiger partial charge is 0.452 e. The second kappa shape index (κ2) is 9.00. The molecule has 3 aromatic carbocycles. The van der Waals surface area contributed by atoms with Crippen LogP contribution in [0.3, 0.4) is 0 Å². The van der Waals surface area contributed by atoms with Gasteiger partial charge in [-0.1, -0.05) is 17.7 Å². The second-order valence-electron chi connectivity index (χ2n) is 7.68. The molecule has 0 fully saturated rings. The van der Waals surface area contributed by atoms with Gasteiger partial charge in [0.2, 0.25) is 0 Å². The number of nitrogens with one attached hydrogen (secondary N) is 1. The number of aromatic nitrogens is 1. The molecule has 8 nitrogen and oxygen atoms in total. The summed E-state index contributed by atoms with van der Waals surface area (Å²) in [5.74, 6) is -2.40. The summed E-state index contributed by atoms with van der Waals surface area (Å²) in [5, 5.41) is 3.92. The van der Waals surface area contributed by atoms with E-state index in [-0.39, 0.29) is 16.7 Å². The Hall–Kier alpha value is -4.56. The Morgan fingerprint density at radius 2 is 1.69 bits per heavy atom. The molecule has 35 heavy (non-hydrogen) atoms. The number of benzene rings is 3. The smallest absolute Gasteiger partial charge is 0.338 e. The molecule has 5 rings (SSSR count). The Balaban J connectivity index is 1.28. The first kappa shape index (κ1) is 22.2. The topological polar surface area (TPSA) is 106 Å². The van der Waals surface area contributed by atoms with Crippen molar-refractivity contribution in [2.75, 3.05) is 16.8 Å². The number of amides is 3. The molecule has 172 valence electrons. The number of nitrogens with zero attached hydrogens (tertiary/aromatic N) is 2. The van der Waals surface area contributed by atoms with Gasteiger partial charge in [0.15, 0.2) is 6.61 Å². The Kier molecular flexibility index (Phi) is 5.72. The second-order valence-corrected chi connectivity index (χ2v) is 8.12. The molecule has 0 saturated carbocycles. The number of carbonyl (C=O) groups excluding carboxylic acids is 4. The van der Waals surface area contributed by atoms with Gasteiger partial charge in [-0.2, -0.15) is 0 Å². The van der Waals surface area contributed by atoms with E-state index in [1.807, 2.05) is 12.1 Å². The number of ether oxygens (including phenoxy) is 1. The van der Waals surface area contributed by atoms with E-state index >= 15 is 0 Å². The van der Waals surface area contributed by atoms with E-state index in [4.69, 9.17) is 16.3 Å². The maximum Gasteiger partial charge on any atom is 0.338 e. The van der Waals surface area contributed by atoms with E-state index in [1.54, 1.807) is 48.7 Å². The third-order valence-corrected chi connectivity index (χ3v) is 5.71. The number of hydrogen-bond donors (Lipinski definition) is 1. The number of imide groups is 1. The summed E-state index contributed by atoms with van der Waals surface area (Å²) in [5.41, 5.74) is 1.92. The van der Waals surface area contributed by atoms with Gasteiger partial charge >= 0.3 is 5.97 Å². The summed E-state index contributed by atoms with van der Waals surface area (Å²) >= 11 is 5.89. The minimum atomic E-state index is -0.798. The normalized spacial score (nSPS) is 12.5. The molecule has 0 unspecified atom stereocenters. The van der Waals surface area contributed by atoms with Gasteiger partial charge in [-0.25, -0.2) is 9.69 Å². The van der Waals surface area contributed by atoms with E-state index in [2.05, 4.69) is 10.3 Å². The van der Waals surface area contributed by atoms with Gasteiger partial charge in [0.25, 0.3) is 17.7 Å². The van der Waals surface area contributed by atoms with Crippen LogP contribution in [0, 0.1) is 0 Å². The molecule has 9 heteroatoms. The van der Waals surface area contributed by atoms with E-state index in [9.17, 15) is 19.2 Å². The van der Waals surface area contributed by atoms with Gasteiger partial charge in [0, 0.05) is 16.6 Å². The zero-order valence-corrected chi connectivity index (χ0v) is 18.8. The van der Waals surface area contributed by atoms with Crippen molar-refractivity contribution < 1.29 is 23.9 Å². The van der Waals surface area contributed by atoms with Crippen LogP contribution in [0.1, 0.15) is 31.1 Å². The lowest BCUT2D eigenvalue weighted by Crippen LogP contribution is -2.29. The van der Waals surface area contributed by atoms with Gasteiger partial charge in [0.05, 0.1) is 33.6 Å². The van der Waals surface area contributed by atoms with Crippen molar-refractivity contribution in [3.63, 3.8) is 0 Å². The molecule has 2 heterocycles. The third-order valence-electron chi connectivity index (χ3n) is 5.46. The first-order valence-electron chi connectivity index (χ1n) is 10.5. The molecule has 1 aliphatic heterocycles. The number of rotatable bonds is 5. The predicted octanol–water partition coefficient (Wildman–Crippen LogP) is 4.48. The minimum Gasteiger partial charge on any atom is -0.452 e. The molecule has 0 atom stereocenters. The number of carbonyl (C=O) groups is 4.